The van der Waals surface area contributed by atoms with Gasteiger partial charge in [-0.1, -0.05) is 12.1 Å². The average molecular weight is 328 g/mol. The number of esters is 1. The highest BCUT2D eigenvalue weighted by atomic mass is 16.5. The third-order valence-electron chi connectivity index (χ3n) is 3.14. The largest absolute Gasteiger partial charge is 0.448 e. The standard InChI is InChI=1S/C16H16N4O4/c1-9(21)11-5-3-4-6-12(11)20-15(22)10(2)24-16(23)13-14(17)19-8-7-18-13/h3-8,10H,1-2H3,(H2,17,19)(H,20,22)/t10-/m1/s1. The third-order valence-corrected chi connectivity index (χ3v) is 3.14. The Hall–Kier alpha value is -3.29. The zero-order valence-corrected chi connectivity index (χ0v) is 13.1. The Balaban J connectivity index is 2.07. The van der Waals surface area contributed by atoms with Gasteiger partial charge in [0.15, 0.2) is 23.4 Å². The Morgan fingerprint density at radius 1 is 1.17 bits per heavy atom. The van der Waals surface area contributed by atoms with Crippen LogP contribution in [0.3, 0.4) is 0 Å². The van der Waals surface area contributed by atoms with E-state index in [0.29, 0.717) is 11.3 Å². The van der Waals surface area contributed by atoms with Crippen LogP contribution >= 0.6 is 0 Å². The van der Waals surface area contributed by atoms with Gasteiger partial charge in [-0.05, 0) is 26.0 Å². The minimum Gasteiger partial charge on any atom is -0.448 e. The lowest BCUT2D eigenvalue weighted by Gasteiger charge is -2.15. The molecule has 0 spiro atoms. The number of aromatic nitrogens is 2. The fourth-order valence-corrected chi connectivity index (χ4v) is 1.91. The van der Waals surface area contributed by atoms with Gasteiger partial charge in [0.25, 0.3) is 5.91 Å². The first kappa shape index (κ1) is 17.1. The molecule has 0 radical (unpaired) electrons. The normalized spacial score (nSPS) is 11.4. The van der Waals surface area contributed by atoms with Gasteiger partial charge in [0.2, 0.25) is 0 Å². The first-order chi connectivity index (χ1) is 11.4. The Kier molecular flexibility index (Phi) is 5.20. The van der Waals surface area contributed by atoms with Crippen LogP contribution in [0.5, 0.6) is 0 Å². The number of nitrogen functional groups attached to an aromatic ring is 1. The maximum atomic E-state index is 12.2. The number of Topliss-reactive ketones (excluding diaryl/α,β-unsaturated/α-hetero) is 1. The van der Waals surface area contributed by atoms with Crippen molar-refractivity contribution in [3.63, 3.8) is 0 Å². The van der Waals surface area contributed by atoms with Gasteiger partial charge in [-0.2, -0.15) is 0 Å². The van der Waals surface area contributed by atoms with Gasteiger partial charge in [-0.3, -0.25) is 9.59 Å². The molecular weight excluding hydrogens is 312 g/mol. The van der Waals surface area contributed by atoms with Crippen molar-refractivity contribution in [1.29, 1.82) is 0 Å². The van der Waals surface area contributed by atoms with Gasteiger partial charge in [0.1, 0.15) is 0 Å². The summed E-state index contributed by atoms with van der Waals surface area (Å²) in [6.07, 6.45) is 1.51. The molecule has 8 heteroatoms. The van der Waals surface area contributed by atoms with Gasteiger partial charge < -0.3 is 15.8 Å². The van der Waals surface area contributed by atoms with Crippen LogP contribution in [0, 0.1) is 0 Å². The highest BCUT2D eigenvalue weighted by Gasteiger charge is 2.22. The molecule has 1 amide bonds. The molecule has 0 aliphatic rings. The van der Waals surface area contributed by atoms with E-state index in [0.717, 1.165) is 0 Å². The van der Waals surface area contributed by atoms with E-state index < -0.39 is 18.0 Å². The zero-order chi connectivity index (χ0) is 17.7. The quantitative estimate of drug-likeness (QED) is 0.628. The second-order valence-electron chi connectivity index (χ2n) is 4.93. The van der Waals surface area contributed by atoms with E-state index in [9.17, 15) is 14.4 Å². The van der Waals surface area contributed by atoms with Gasteiger partial charge >= 0.3 is 5.97 Å². The van der Waals surface area contributed by atoms with E-state index in [2.05, 4.69) is 15.3 Å². The van der Waals surface area contributed by atoms with Crippen molar-refractivity contribution in [3.8, 4) is 0 Å². The van der Waals surface area contributed by atoms with Crippen molar-refractivity contribution in [1.82, 2.24) is 9.97 Å². The first-order valence-electron chi connectivity index (χ1n) is 7.08. The number of anilines is 2. The Morgan fingerprint density at radius 3 is 2.50 bits per heavy atom. The molecule has 1 atom stereocenters. The van der Waals surface area contributed by atoms with Crippen molar-refractivity contribution in [2.75, 3.05) is 11.1 Å². The van der Waals surface area contributed by atoms with E-state index in [1.165, 1.54) is 26.2 Å². The van der Waals surface area contributed by atoms with E-state index >= 15 is 0 Å². The molecule has 0 aliphatic carbocycles. The molecule has 1 aromatic heterocycles. The summed E-state index contributed by atoms with van der Waals surface area (Å²) in [6.45, 7) is 2.79. The minimum atomic E-state index is -1.11. The van der Waals surface area contributed by atoms with Crippen molar-refractivity contribution in [2.24, 2.45) is 0 Å². The number of benzene rings is 1. The fourth-order valence-electron chi connectivity index (χ4n) is 1.91. The van der Waals surface area contributed by atoms with Crippen molar-refractivity contribution in [3.05, 3.63) is 47.9 Å². The summed E-state index contributed by atoms with van der Waals surface area (Å²) in [5.41, 5.74) is 6.08. The smallest absolute Gasteiger partial charge is 0.361 e. The molecule has 0 saturated heterocycles. The number of para-hydroxylation sites is 1. The molecule has 1 heterocycles. The van der Waals surface area contributed by atoms with Crippen LogP contribution in [-0.2, 0) is 9.53 Å². The molecule has 8 nitrogen and oxygen atoms in total. The van der Waals surface area contributed by atoms with E-state index in [1.807, 2.05) is 0 Å². The Bertz CT molecular complexity index is 791. The second kappa shape index (κ2) is 7.32. The summed E-state index contributed by atoms with van der Waals surface area (Å²) < 4.78 is 5.03. The number of hydrogen-bond acceptors (Lipinski definition) is 7. The third kappa shape index (κ3) is 3.92. The van der Waals surface area contributed by atoms with Crippen molar-refractivity contribution >= 4 is 29.2 Å². The molecule has 0 fully saturated rings. The van der Waals surface area contributed by atoms with Crippen LogP contribution in [0.1, 0.15) is 34.7 Å². The number of rotatable bonds is 5. The number of hydrogen-bond donors (Lipinski definition) is 2. The SMILES string of the molecule is CC(=O)c1ccccc1NC(=O)[C@@H](C)OC(=O)c1nccnc1N. The molecule has 0 aliphatic heterocycles. The number of nitrogens with zero attached hydrogens (tertiary/aromatic N) is 2. The summed E-state index contributed by atoms with van der Waals surface area (Å²) in [5, 5.41) is 2.56. The number of carbonyl (C=O) groups excluding carboxylic acids is 3. The van der Waals surface area contributed by atoms with Crippen LogP contribution in [-0.4, -0.2) is 33.7 Å². The lowest BCUT2D eigenvalue weighted by Crippen LogP contribution is -2.31. The second-order valence-corrected chi connectivity index (χ2v) is 4.93. The van der Waals surface area contributed by atoms with Crippen molar-refractivity contribution in [2.45, 2.75) is 20.0 Å². The highest BCUT2D eigenvalue weighted by molar-refractivity contribution is 6.05. The number of carbonyl (C=O) groups is 3. The van der Waals surface area contributed by atoms with Gasteiger partial charge in [-0.15, -0.1) is 0 Å². The number of ketones is 1. The molecule has 124 valence electrons. The molecule has 1 aromatic carbocycles. The lowest BCUT2D eigenvalue weighted by atomic mass is 10.1. The molecule has 3 N–H and O–H groups in total. The molecular formula is C16H16N4O4. The first-order valence-corrected chi connectivity index (χ1v) is 7.08. The van der Waals surface area contributed by atoms with E-state index in [-0.39, 0.29) is 17.3 Å². The monoisotopic (exact) mass is 328 g/mol. The summed E-state index contributed by atoms with van der Waals surface area (Å²) >= 11 is 0. The van der Waals surface area contributed by atoms with Crippen molar-refractivity contribution < 1.29 is 19.1 Å². The molecule has 2 rings (SSSR count). The molecule has 0 saturated carbocycles. The van der Waals surface area contributed by atoms with Crippen LogP contribution < -0.4 is 11.1 Å². The summed E-state index contributed by atoms with van der Waals surface area (Å²) in [7, 11) is 0. The summed E-state index contributed by atoms with van der Waals surface area (Å²) in [4.78, 5) is 43.2. The van der Waals surface area contributed by atoms with Gasteiger partial charge in [0.05, 0.1) is 5.69 Å². The van der Waals surface area contributed by atoms with E-state index in [1.54, 1.807) is 24.3 Å². The zero-order valence-electron chi connectivity index (χ0n) is 13.1. The van der Waals surface area contributed by atoms with Gasteiger partial charge in [0, 0.05) is 18.0 Å². The fraction of sp³-hybridized carbons (Fsp3) is 0.188. The molecule has 24 heavy (non-hydrogen) atoms. The maximum Gasteiger partial charge on any atom is 0.361 e. The number of nitrogens with two attached hydrogens (primary N) is 1. The minimum absolute atomic E-state index is 0.0861. The summed E-state index contributed by atoms with van der Waals surface area (Å²) in [5.74, 6) is -1.72. The van der Waals surface area contributed by atoms with Crippen LogP contribution in [0.15, 0.2) is 36.7 Å². The number of ether oxygens (including phenoxy) is 1. The van der Waals surface area contributed by atoms with Crippen LogP contribution in [0.4, 0.5) is 11.5 Å². The van der Waals surface area contributed by atoms with Gasteiger partial charge in [-0.25, -0.2) is 14.8 Å². The van der Waals surface area contributed by atoms with Crippen LogP contribution in [0.25, 0.3) is 0 Å². The highest BCUT2D eigenvalue weighted by Crippen LogP contribution is 2.16. The predicted octanol–water partition coefficient (Wildman–Crippen LogP) is 1.45. The Labute approximate surface area is 138 Å². The molecule has 2 aromatic rings. The topological polar surface area (TPSA) is 124 Å². The lowest BCUT2D eigenvalue weighted by molar-refractivity contribution is -0.123. The number of nitrogens with one attached hydrogen (secondary N) is 1. The maximum absolute atomic E-state index is 12.2. The summed E-state index contributed by atoms with van der Waals surface area (Å²) in [6, 6.07) is 6.55. The molecule has 0 unspecified atom stereocenters. The van der Waals surface area contributed by atoms with Crippen LogP contribution in [0.2, 0.25) is 0 Å². The van der Waals surface area contributed by atoms with E-state index in [4.69, 9.17) is 10.5 Å². The average Bonchev–Trinajstić information content (AvgIpc) is 2.55. The molecule has 0 bridgehead atoms. The predicted molar refractivity (Wildman–Crippen MR) is 86.4 cm³/mol. The number of amides is 1. The Morgan fingerprint density at radius 2 is 1.83 bits per heavy atom.